The molecule has 0 saturated carbocycles. The Morgan fingerprint density at radius 1 is 1.12 bits per heavy atom. The van der Waals surface area contributed by atoms with Crippen LogP contribution in [0.25, 0.3) is 0 Å². The summed E-state index contributed by atoms with van der Waals surface area (Å²) in [6.45, 7) is 0. The molecule has 1 N–H and O–H groups in total. The molecular formula is C16H15FN4O2S. The average Bonchev–Trinajstić information content (AvgIpc) is 3.00. The lowest BCUT2D eigenvalue weighted by molar-refractivity contribution is 0.551. The van der Waals surface area contributed by atoms with Crippen LogP contribution >= 0.6 is 0 Å². The van der Waals surface area contributed by atoms with Gasteiger partial charge < -0.3 is 0 Å². The minimum atomic E-state index is -3.87. The Hall–Kier alpha value is -2.58. The van der Waals surface area contributed by atoms with Crippen molar-refractivity contribution < 1.29 is 12.8 Å². The fraction of sp³-hybridized carbons (Fsp3) is 0.125. The van der Waals surface area contributed by atoms with E-state index < -0.39 is 21.9 Å². The second-order valence-electron chi connectivity index (χ2n) is 5.16. The summed E-state index contributed by atoms with van der Waals surface area (Å²) in [5.74, 6) is -0.451. The van der Waals surface area contributed by atoms with Gasteiger partial charge in [0.25, 0.3) is 10.0 Å². The van der Waals surface area contributed by atoms with Gasteiger partial charge >= 0.3 is 0 Å². The Morgan fingerprint density at radius 3 is 2.58 bits per heavy atom. The lowest BCUT2D eigenvalue weighted by atomic mass is 10.0. The van der Waals surface area contributed by atoms with Crippen LogP contribution < -0.4 is 4.72 Å². The van der Waals surface area contributed by atoms with Crippen molar-refractivity contribution >= 4 is 10.0 Å². The summed E-state index contributed by atoms with van der Waals surface area (Å²) in [4.78, 5) is 4.20. The number of halogens is 1. The van der Waals surface area contributed by atoms with Crippen molar-refractivity contribution in [2.75, 3.05) is 0 Å². The molecule has 0 aliphatic rings. The van der Waals surface area contributed by atoms with Gasteiger partial charge in [-0.15, -0.1) is 0 Å². The van der Waals surface area contributed by atoms with Crippen molar-refractivity contribution in [3.63, 3.8) is 0 Å². The number of hydrogen-bond acceptors (Lipinski definition) is 4. The first-order chi connectivity index (χ1) is 11.5. The van der Waals surface area contributed by atoms with Crippen LogP contribution in [0, 0.1) is 5.82 Å². The van der Waals surface area contributed by atoms with Gasteiger partial charge in [-0.1, -0.05) is 18.2 Å². The van der Waals surface area contributed by atoms with Gasteiger partial charge in [-0.05, 0) is 35.9 Å². The Balaban J connectivity index is 2.05. The molecule has 0 unspecified atom stereocenters. The highest BCUT2D eigenvalue weighted by atomic mass is 32.2. The van der Waals surface area contributed by atoms with Gasteiger partial charge in [-0.2, -0.15) is 9.82 Å². The molecule has 0 aliphatic heterocycles. The Kier molecular flexibility index (Phi) is 4.41. The molecule has 0 aliphatic carbocycles. The lowest BCUT2D eigenvalue weighted by Crippen LogP contribution is -2.31. The second-order valence-corrected chi connectivity index (χ2v) is 6.82. The number of rotatable bonds is 5. The van der Waals surface area contributed by atoms with E-state index in [-0.39, 0.29) is 5.03 Å². The van der Waals surface area contributed by atoms with Gasteiger partial charge in [0, 0.05) is 13.2 Å². The highest BCUT2D eigenvalue weighted by Crippen LogP contribution is 2.23. The van der Waals surface area contributed by atoms with E-state index in [1.807, 2.05) is 0 Å². The molecule has 3 aromatic rings. The van der Waals surface area contributed by atoms with E-state index >= 15 is 0 Å². The first-order valence-electron chi connectivity index (χ1n) is 7.14. The molecule has 1 atom stereocenters. The highest BCUT2D eigenvalue weighted by molar-refractivity contribution is 7.89. The molecule has 24 heavy (non-hydrogen) atoms. The molecular weight excluding hydrogens is 331 g/mol. The first-order valence-corrected chi connectivity index (χ1v) is 8.62. The number of sulfonamides is 1. The number of nitrogens with zero attached hydrogens (tertiary/aromatic N) is 3. The first kappa shape index (κ1) is 16.3. The van der Waals surface area contributed by atoms with E-state index in [0.29, 0.717) is 11.3 Å². The smallest absolute Gasteiger partial charge is 0.258 e. The molecule has 8 heteroatoms. The standard InChI is InChI=1S/C16H15FN4O2S/c1-21-15(8-10-19-21)24(22,23)20-16(14-7-2-3-9-18-14)12-5-4-6-13(17)11-12/h2-11,16,20H,1H3/t16-/m0/s1. The quantitative estimate of drug-likeness (QED) is 0.767. The van der Waals surface area contributed by atoms with E-state index in [1.54, 1.807) is 30.5 Å². The molecule has 2 aromatic heterocycles. The molecule has 124 valence electrons. The average molecular weight is 346 g/mol. The van der Waals surface area contributed by atoms with Gasteiger partial charge in [0.15, 0.2) is 5.03 Å². The summed E-state index contributed by atoms with van der Waals surface area (Å²) in [6.07, 6.45) is 2.95. The van der Waals surface area contributed by atoms with Crippen LogP contribution in [0.1, 0.15) is 17.3 Å². The lowest BCUT2D eigenvalue weighted by Gasteiger charge is -2.19. The third kappa shape index (κ3) is 3.34. The van der Waals surface area contributed by atoms with Crippen molar-refractivity contribution in [2.45, 2.75) is 11.1 Å². The topological polar surface area (TPSA) is 76.9 Å². The predicted octanol–water partition coefficient (Wildman–Crippen LogP) is 2.02. The molecule has 0 bridgehead atoms. The monoisotopic (exact) mass is 346 g/mol. The maximum absolute atomic E-state index is 13.6. The van der Waals surface area contributed by atoms with Gasteiger partial charge in [0.05, 0.1) is 17.9 Å². The summed E-state index contributed by atoms with van der Waals surface area (Å²) < 4.78 is 42.8. The summed E-state index contributed by atoms with van der Waals surface area (Å²) in [7, 11) is -2.33. The zero-order chi connectivity index (χ0) is 17.2. The van der Waals surface area contributed by atoms with E-state index in [0.717, 1.165) is 0 Å². The van der Waals surface area contributed by atoms with Crippen LogP contribution in [0.4, 0.5) is 4.39 Å². The van der Waals surface area contributed by atoms with Gasteiger partial charge in [0.2, 0.25) is 0 Å². The molecule has 6 nitrogen and oxygen atoms in total. The number of aryl methyl sites for hydroxylation is 1. The SMILES string of the molecule is Cn1nccc1S(=O)(=O)N[C@@H](c1cccc(F)c1)c1ccccn1. The van der Waals surface area contributed by atoms with Crippen molar-refractivity contribution in [1.82, 2.24) is 19.5 Å². The minimum Gasteiger partial charge on any atom is -0.259 e. The Bertz CT molecular complexity index is 941. The Labute approximate surface area is 139 Å². The number of pyridine rings is 1. The van der Waals surface area contributed by atoms with Crippen molar-refractivity contribution in [2.24, 2.45) is 7.05 Å². The molecule has 0 fully saturated rings. The molecule has 0 saturated heterocycles. The fourth-order valence-corrected chi connectivity index (χ4v) is 3.70. The third-order valence-corrected chi connectivity index (χ3v) is 4.99. The summed E-state index contributed by atoms with van der Waals surface area (Å²) in [6, 6.07) is 11.5. The summed E-state index contributed by atoms with van der Waals surface area (Å²) in [5, 5.41) is 3.89. The zero-order valence-electron chi connectivity index (χ0n) is 12.8. The van der Waals surface area contributed by atoms with Crippen LogP contribution in [-0.4, -0.2) is 23.2 Å². The normalized spacial score (nSPS) is 12.9. The van der Waals surface area contributed by atoms with Crippen LogP contribution in [0.3, 0.4) is 0 Å². The molecule has 0 spiro atoms. The van der Waals surface area contributed by atoms with Gasteiger partial charge in [0.1, 0.15) is 5.82 Å². The van der Waals surface area contributed by atoms with Gasteiger partial charge in [-0.3, -0.25) is 9.67 Å². The van der Waals surface area contributed by atoms with Gasteiger partial charge in [-0.25, -0.2) is 12.8 Å². The molecule has 0 radical (unpaired) electrons. The largest absolute Gasteiger partial charge is 0.259 e. The highest BCUT2D eigenvalue weighted by Gasteiger charge is 2.26. The minimum absolute atomic E-state index is 0.0137. The maximum atomic E-state index is 13.6. The summed E-state index contributed by atoms with van der Waals surface area (Å²) in [5.41, 5.74) is 0.924. The van der Waals surface area contributed by atoms with Crippen molar-refractivity contribution in [3.05, 3.63) is 78.0 Å². The number of hydrogen-bond donors (Lipinski definition) is 1. The molecule has 0 amide bonds. The maximum Gasteiger partial charge on any atom is 0.258 e. The second kappa shape index (κ2) is 6.50. The Morgan fingerprint density at radius 2 is 1.96 bits per heavy atom. The van der Waals surface area contributed by atoms with Crippen LogP contribution in [0.2, 0.25) is 0 Å². The molecule has 2 heterocycles. The van der Waals surface area contributed by atoms with Crippen molar-refractivity contribution in [1.29, 1.82) is 0 Å². The summed E-state index contributed by atoms with van der Waals surface area (Å²) >= 11 is 0. The van der Waals surface area contributed by atoms with E-state index in [2.05, 4.69) is 14.8 Å². The van der Waals surface area contributed by atoms with E-state index in [4.69, 9.17) is 0 Å². The van der Waals surface area contributed by atoms with Crippen LogP contribution in [-0.2, 0) is 17.1 Å². The number of benzene rings is 1. The molecule has 1 aromatic carbocycles. The van der Waals surface area contributed by atoms with E-state index in [9.17, 15) is 12.8 Å². The van der Waals surface area contributed by atoms with E-state index in [1.165, 1.54) is 42.2 Å². The third-order valence-electron chi connectivity index (χ3n) is 3.49. The fourth-order valence-electron chi connectivity index (χ4n) is 2.37. The van der Waals surface area contributed by atoms with Crippen molar-refractivity contribution in [3.8, 4) is 0 Å². The number of nitrogens with one attached hydrogen (secondary N) is 1. The zero-order valence-corrected chi connectivity index (χ0v) is 13.6. The van der Waals surface area contributed by atoms with Crippen LogP contribution in [0.5, 0.6) is 0 Å². The number of aromatic nitrogens is 3. The molecule has 3 rings (SSSR count). The predicted molar refractivity (Wildman–Crippen MR) is 86.0 cm³/mol. The van der Waals surface area contributed by atoms with Crippen LogP contribution in [0.15, 0.2) is 66.0 Å².